The summed E-state index contributed by atoms with van der Waals surface area (Å²) in [4.78, 5) is 30.6. The summed E-state index contributed by atoms with van der Waals surface area (Å²) in [7, 11) is 0. The van der Waals surface area contributed by atoms with Gasteiger partial charge in [0.1, 0.15) is 0 Å². The maximum Gasteiger partial charge on any atom is 0.164 e. The fourth-order valence-corrected chi connectivity index (χ4v) is 25.1. The molecule has 4 unspecified atom stereocenters. The van der Waals surface area contributed by atoms with Crippen LogP contribution in [0.2, 0.25) is 0 Å². The van der Waals surface area contributed by atoms with Gasteiger partial charge in [0.25, 0.3) is 0 Å². The van der Waals surface area contributed by atoms with Crippen molar-refractivity contribution in [3.05, 3.63) is 458 Å². The van der Waals surface area contributed by atoms with E-state index >= 15 is 0 Å². The van der Waals surface area contributed by atoms with Crippen LogP contribution >= 0.6 is 0 Å². The fourth-order valence-electron chi connectivity index (χ4n) is 25.1. The molecular formula is C128H98N8. The molecule has 0 saturated heterocycles. The van der Waals surface area contributed by atoms with Crippen molar-refractivity contribution >= 4 is 10.8 Å². The lowest BCUT2D eigenvalue weighted by Gasteiger charge is -2.63. The molecule has 136 heavy (non-hydrogen) atoms. The number of fused-ring (bicyclic) bond motifs is 1. The standard InChI is InChI=1S/C66H50N4.C62H48N4/c67-42-44-11-13-49(14-12-44)52-27-31-60(32-28-52)65-38-45-35-46(39-65)41-66(40-45,43-65)61-33-29-53(30-34-61)56-23-24-58-37-59(26-25-57(58)36-56)64-69-62(54-19-15-50(16-20-54)47-7-3-1-4-8-47)68-63(70-64)55-21-17-51(18-22-55)48-9-5-2-6-10-48;63-40-42-11-13-47(14-12-42)51-27-31-56(32-28-51)61-36-43-35-44(37-61)39-62(38-43,41-61)57-33-29-52(30-34-57)50-19-25-55(26-20-50)60-65-58(53-21-15-48(16-22-53)45-7-3-1-4-8-45)64-59(66-60)54-23-17-49(18-24-54)46-9-5-2-6-10-46/h1-34,36-37,45-46H,35,38-41,43H2;1-34,43-44H,35-39,41H2. The van der Waals surface area contributed by atoms with Gasteiger partial charge in [0, 0.05) is 33.4 Å². The summed E-state index contributed by atoms with van der Waals surface area (Å²) in [5.41, 5.74) is 32.9. The smallest absolute Gasteiger partial charge is 0.164 e. The van der Waals surface area contributed by atoms with Crippen LogP contribution in [0.15, 0.2) is 425 Å². The second-order valence-corrected chi connectivity index (χ2v) is 39.5. The average Bonchev–Trinajstić information content (AvgIpc) is 0.706. The molecule has 8 heteroatoms. The van der Waals surface area contributed by atoms with E-state index < -0.39 is 0 Å². The van der Waals surface area contributed by atoms with Gasteiger partial charge in [-0.3, -0.25) is 0 Å². The van der Waals surface area contributed by atoms with Gasteiger partial charge in [0.05, 0.1) is 23.3 Å². The molecule has 0 N–H and O–H groups in total. The molecule has 0 amide bonds. The summed E-state index contributed by atoms with van der Waals surface area (Å²) in [5.74, 6) is 6.97. The Hall–Kier alpha value is -16.0. The molecule has 8 aliphatic carbocycles. The van der Waals surface area contributed by atoms with Crippen molar-refractivity contribution in [3.8, 4) is 169 Å². The first-order valence-electron chi connectivity index (χ1n) is 48.2. The van der Waals surface area contributed by atoms with Crippen LogP contribution < -0.4 is 0 Å². The second-order valence-electron chi connectivity index (χ2n) is 39.5. The molecule has 4 atom stereocenters. The Morgan fingerprint density at radius 2 is 0.346 bits per heavy atom. The van der Waals surface area contributed by atoms with Crippen molar-refractivity contribution < 1.29 is 0 Å². The van der Waals surface area contributed by atoms with Gasteiger partial charge < -0.3 is 0 Å². The summed E-state index contributed by atoms with van der Waals surface area (Å²) >= 11 is 0. The number of nitrogens with zero attached hydrogens (tertiary/aromatic N) is 8. The fraction of sp³-hybridized carbons (Fsp3) is 0.156. The van der Waals surface area contributed by atoms with Gasteiger partial charge in [-0.25, -0.2) is 29.9 Å². The van der Waals surface area contributed by atoms with E-state index in [4.69, 9.17) is 29.9 Å². The van der Waals surface area contributed by atoms with E-state index in [9.17, 15) is 10.5 Å². The normalized spacial score (nSPS) is 20.2. The third kappa shape index (κ3) is 16.2. The van der Waals surface area contributed by atoms with E-state index in [1.54, 1.807) is 0 Å². The topological polar surface area (TPSA) is 125 Å². The number of aromatic nitrogens is 6. The molecule has 17 aromatic carbocycles. The number of benzene rings is 17. The van der Waals surface area contributed by atoms with Crippen LogP contribution in [-0.2, 0) is 21.7 Å². The zero-order valence-electron chi connectivity index (χ0n) is 75.8. The van der Waals surface area contributed by atoms with E-state index in [1.807, 2.05) is 48.5 Å². The first kappa shape index (κ1) is 83.1. The summed E-state index contributed by atoms with van der Waals surface area (Å²) < 4.78 is 0. The molecule has 8 aliphatic rings. The Kier molecular flexibility index (Phi) is 21.3. The minimum absolute atomic E-state index is 0.218. The minimum Gasteiger partial charge on any atom is -0.208 e. The van der Waals surface area contributed by atoms with Crippen molar-refractivity contribution in [2.75, 3.05) is 0 Å². The molecule has 8 bridgehead atoms. The zero-order valence-corrected chi connectivity index (χ0v) is 75.8. The van der Waals surface area contributed by atoms with Crippen LogP contribution in [0.4, 0.5) is 0 Å². The van der Waals surface area contributed by atoms with Crippen LogP contribution in [0.3, 0.4) is 0 Å². The number of hydrogen-bond donors (Lipinski definition) is 0. The molecule has 0 radical (unpaired) electrons. The molecule has 0 spiro atoms. The average molecular weight is 1750 g/mol. The van der Waals surface area contributed by atoms with E-state index in [2.05, 4.69) is 388 Å². The van der Waals surface area contributed by atoms with Crippen molar-refractivity contribution in [1.82, 2.24) is 29.9 Å². The monoisotopic (exact) mass is 1750 g/mol. The summed E-state index contributed by atoms with van der Waals surface area (Å²) in [5, 5.41) is 20.9. The highest BCUT2D eigenvalue weighted by atomic mass is 15.0. The van der Waals surface area contributed by atoms with Gasteiger partial charge in [-0.1, -0.05) is 388 Å². The lowest BCUT2D eigenvalue weighted by molar-refractivity contribution is -0.0282. The van der Waals surface area contributed by atoms with Crippen molar-refractivity contribution in [3.63, 3.8) is 0 Å². The van der Waals surface area contributed by atoms with Gasteiger partial charge in [-0.2, -0.15) is 10.5 Å². The Morgan fingerprint density at radius 3 is 0.574 bits per heavy atom. The Bertz CT molecular complexity index is 7480. The first-order chi connectivity index (χ1) is 66.9. The number of rotatable bonds is 18. The third-order valence-electron chi connectivity index (χ3n) is 31.0. The van der Waals surface area contributed by atoms with Crippen molar-refractivity contribution in [1.29, 1.82) is 10.5 Å². The maximum atomic E-state index is 9.28. The predicted octanol–water partition coefficient (Wildman–Crippen LogP) is 31.6. The summed E-state index contributed by atoms with van der Waals surface area (Å²) in [6, 6.07) is 156. The lowest BCUT2D eigenvalue weighted by Crippen LogP contribution is -2.55. The van der Waals surface area contributed by atoms with Gasteiger partial charge in [-0.05, 0) is 281 Å². The van der Waals surface area contributed by atoms with Crippen LogP contribution in [-0.4, -0.2) is 29.9 Å². The molecule has 2 aromatic heterocycles. The van der Waals surface area contributed by atoms with E-state index in [0.717, 1.165) is 95.8 Å². The Balaban J connectivity index is 0.000000149. The van der Waals surface area contributed by atoms with Gasteiger partial charge in [-0.15, -0.1) is 0 Å². The minimum atomic E-state index is 0.218. The zero-order chi connectivity index (χ0) is 90.7. The summed E-state index contributed by atoms with van der Waals surface area (Å²) in [6.07, 6.45) is 15.6. The van der Waals surface area contributed by atoms with Crippen LogP contribution in [0.25, 0.3) is 168 Å². The highest BCUT2D eigenvalue weighted by Gasteiger charge is 2.60. The van der Waals surface area contributed by atoms with Crippen LogP contribution in [0.1, 0.15) is 110 Å². The van der Waals surface area contributed by atoms with Crippen LogP contribution in [0.5, 0.6) is 0 Å². The number of nitriles is 2. The lowest BCUT2D eigenvalue weighted by atomic mass is 9.41. The molecule has 2 heterocycles. The van der Waals surface area contributed by atoms with Gasteiger partial charge >= 0.3 is 0 Å². The highest BCUT2D eigenvalue weighted by Crippen LogP contribution is 2.68. The largest absolute Gasteiger partial charge is 0.208 e. The third-order valence-corrected chi connectivity index (χ3v) is 31.0. The number of hydrogen-bond acceptors (Lipinski definition) is 8. The highest BCUT2D eigenvalue weighted by molar-refractivity contribution is 5.91. The molecule has 0 aliphatic heterocycles. The molecule has 8 nitrogen and oxygen atoms in total. The van der Waals surface area contributed by atoms with Crippen LogP contribution in [0, 0.1) is 46.3 Å². The van der Waals surface area contributed by atoms with E-state index in [0.29, 0.717) is 46.1 Å². The SMILES string of the molecule is N#Cc1ccc(-c2ccc(C34CC5CC(C3)CC(c3ccc(-c6ccc(-c7nc(-c8ccc(-c9ccccc9)cc8)nc(-c8ccc(-c9ccccc9)cc8)n7)cc6)cc3)(C5)C4)cc2)cc1.N#Cc1ccc(-c2ccc(C34CC5CC(C3)CC(c3ccc(-c6ccc7cc(-c8nc(-c9ccc(-c%10ccccc%10)cc9)nc(-c9ccc(-c%10ccccc%10)cc9)n8)ccc7c6)cc3)(C5)C4)cc2)cc1. The molecular weight excluding hydrogens is 1650 g/mol. The Morgan fingerprint density at radius 1 is 0.176 bits per heavy atom. The van der Waals surface area contributed by atoms with Gasteiger partial charge in [0.2, 0.25) is 0 Å². The summed E-state index contributed by atoms with van der Waals surface area (Å²) in [6.45, 7) is 0. The second kappa shape index (κ2) is 34.9. The van der Waals surface area contributed by atoms with Crippen molar-refractivity contribution in [2.24, 2.45) is 23.7 Å². The molecule has 19 aromatic rings. The molecule has 8 fully saturated rings. The predicted molar refractivity (Wildman–Crippen MR) is 552 cm³/mol. The first-order valence-corrected chi connectivity index (χ1v) is 48.2. The van der Waals surface area contributed by atoms with Crippen molar-refractivity contribution in [2.45, 2.75) is 98.7 Å². The molecule has 650 valence electrons. The van der Waals surface area contributed by atoms with E-state index in [-0.39, 0.29) is 21.7 Å². The van der Waals surface area contributed by atoms with Gasteiger partial charge in [0.15, 0.2) is 34.9 Å². The van der Waals surface area contributed by atoms with E-state index in [1.165, 1.54) is 160 Å². The molecule has 8 saturated carbocycles. The Labute approximate surface area is 795 Å². The molecule has 27 rings (SSSR count). The quantitative estimate of drug-likeness (QED) is 0.0832. The maximum absolute atomic E-state index is 9.28.